The number of anilines is 2. The van der Waals surface area contributed by atoms with Crippen molar-refractivity contribution in [1.29, 1.82) is 0 Å². The molecule has 2 aromatic carbocycles. The first-order valence-corrected chi connectivity index (χ1v) is 21.8. The number of allylic oxidation sites excluding steroid dienone is 1. The highest BCUT2D eigenvalue weighted by atomic mass is 16.6. The lowest BCUT2D eigenvalue weighted by molar-refractivity contribution is -0.166. The van der Waals surface area contributed by atoms with Crippen molar-refractivity contribution in [2.24, 2.45) is 11.8 Å². The number of pyridine rings is 2. The number of rotatable bonds is 8. The molecule has 4 aliphatic rings. The number of fused-ring (bicyclic) bond motifs is 5. The van der Waals surface area contributed by atoms with Crippen LogP contribution in [0.3, 0.4) is 0 Å². The maximum absolute atomic E-state index is 14.5. The molecule has 12 heteroatoms. The van der Waals surface area contributed by atoms with Gasteiger partial charge in [0.25, 0.3) is 0 Å². The zero-order valence-corrected chi connectivity index (χ0v) is 35.0. The first-order chi connectivity index (χ1) is 29.5. The average Bonchev–Trinajstić information content (AvgIpc) is 3.79. The number of nitrogens with one attached hydrogen (secondary N) is 1. The Morgan fingerprint density at radius 3 is 2.61 bits per heavy atom. The number of carbonyl (C=O) groups excluding carboxylic acids is 1. The number of phenols is 2. The van der Waals surface area contributed by atoms with E-state index in [-0.39, 0.29) is 52.4 Å². The summed E-state index contributed by atoms with van der Waals surface area (Å²) in [5, 5.41) is 36.8. The van der Waals surface area contributed by atoms with Crippen molar-refractivity contribution in [2.75, 3.05) is 17.6 Å². The number of nitrogen functional groups attached to an aromatic ring is 1. The molecule has 0 unspecified atom stereocenters. The van der Waals surface area contributed by atoms with Crippen LogP contribution in [0.4, 0.5) is 11.6 Å². The summed E-state index contributed by atoms with van der Waals surface area (Å²) < 4.78 is 20.7. The van der Waals surface area contributed by atoms with Gasteiger partial charge in [0, 0.05) is 65.5 Å². The third-order valence-electron chi connectivity index (χ3n) is 14.0. The Hall–Kier alpha value is -5.88. The van der Waals surface area contributed by atoms with Gasteiger partial charge in [-0.25, -0.2) is 14.8 Å². The van der Waals surface area contributed by atoms with Crippen LogP contribution in [-0.2, 0) is 41.8 Å². The number of benzene rings is 2. The summed E-state index contributed by atoms with van der Waals surface area (Å²) >= 11 is 0. The Bertz CT molecular complexity index is 2600. The molecule has 1 fully saturated rings. The molecule has 0 radical (unpaired) electrons. The highest BCUT2D eigenvalue weighted by molar-refractivity contribution is 5.92. The van der Waals surface area contributed by atoms with E-state index < -0.39 is 35.6 Å². The van der Waals surface area contributed by atoms with Crippen LogP contribution in [0, 0.1) is 11.8 Å². The summed E-state index contributed by atoms with van der Waals surface area (Å²) in [7, 11) is 0. The monoisotopic (exact) mass is 826 g/mol. The number of carbonyl (C=O) groups is 1. The predicted octanol–water partition coefficient (Wildman–Crippen LogP) is 7.91. The Morgan fingerprint density at radius 1 is 1.05 bits per heavy atom. The molecule has 5 aromatic rings. The average molecular weight is 827 g/mol. The fourth-order valence-electron chi connectivity index (χ4n) is 10.9. The van der Waals surface area contributed by atoms with Crippen LogP contribution in [-0.4, -0.2) is 49.5 Å². The van der Waals surface area contributed by atoms with Gasteiger partial charge in [0.1, 0.15) is 63.9 Å². The summed E-state index contributed by atoms with van der Waals surface area (Å²) in [5.41, 5.74) is 11.5. The number of ether oxygens (including phenoxy) is 2. The molecule has 318 valence electrons. The summed E-state index contributed by atoms with van der Waals surface area (Å²) in [6.45, 7) is 6.08. The molecule has 0 amide bonds. The number of aromatic hydroxyl groups is 2. The third kappa shape index (κ3) is 7.18. The summed E-state index contributed by atoms with van der Waals surface area (Å²) in [5.74, 6) is -0.0872. The highest BCUT2D eigenvalue weighted by Gasteiger charge is 2.53. The van der Waals surface area contributed by atoms with E-state index >= 15 is 0 Å². The maximum atomic E-state index is 14.5. The molecule has 6 N–H and O–H groups in total. The van der Waals surface area contributed by atoms with E-state index in [2.05, 4.69) is 16.4 Å². The van der Waals surface area contributed by atoms with Gasteiger partial charge in [0.2, 0.25) is 0 Å². The smallest absolute Gasteiger partial charge is 0.334 e. The second-order valence-electron chi connectivity index (χ2n) is 17.5. The fraction of sp³-hybridized carbons (Fsp3) is 0.429. The number of esters is 1. The Labute approximate surface area is 354 Å². The zero-order valence-electron chi connectivity index (χ0n) is 35.0. The molecule has 3 aromatic heterocycles. The maximum Gasteiger partial charge on any atom is 0.334 e. The molecule has 12 nitrogen and oxygen atoms in total. The largest absolute Gasteiger partial charge is 0.508 e. The summed E-state index contributed by atoms with van der Waals surface area (Å²) in [4.78, 5) is 38.0. The standard InChI is InChI=1S/C49H54N4O8/c1-4-34(28-8-6-7-9-28)48(58)60-39-23-37-44(57)43-38(56)22-33(25-54)59-46(43)42-36-21-30-20-32(55)14-13-27(30)11-12-29(41-35(36)16-17-52-47(41)50)19-31(49(39,3)61-45(37)42)18-26-10-15-40(51-5-2)53-24-26/h4,10,13-17,20,22,24,28-29,31,36,39,54-55,57H,5-9,11-12,18-19,21,23,25H2,1-3H3,(H2,50,52)(H,51,53)/b34-4-/t29-,31+,36+,39-,49+/m1/s1. The number of nitrogens with zero attached hydrogens (tertiary/aromatic N) is 2. The first kappa shape index (κ1) is 40.5. The van der Waals surface area contributed by atoms with Gasteiger partial charge in [0.15, 0.2) is 5.43 Å². The number of aryl methyl sites for hydroxylation is 1. The van der Waals surface area contributed by atoms with Gasteiger partial charge in [0.05, 0.1) is 0 Å². The second-order valence-corrected chi connectivity index (χ2v) is 17.5. The van der Waals surface area contributed by atoms with Crippen molar-refractivity contribution in [1.82, 2.24) is 9.97 Å². The van der Waals surface area contributed by atoms with E-state index in [1.807, 2.05) is 51.2 Å². The minimum Gasteiger partial charge on any atom is -0.508 e. The lowest BCUT2D eigenvalue weighted by Gasteiger charge is -2.49. The van der Waals surface area contributed by atoms with Gasteiger partial charge in [-0.15, -0.1) is 0 Å². The number of phenolic OH excluding ortho intramolecular Hbond substituents is 2. The van der Waals surface area contributed by atoms with E-state index in [0.29, 0.717) is 60.4 Å². The second kappa shape index (κ2) is 16.2. The number of nitrogens with two attached hydrogens (primary N) is 1. The lowest BCUT2D eigenvalue weighted by Crippen LogP contribution is -2.57. The molecule has 1 saturated carbocycles. The van der Waals surface area contributed by atoms with Crippen molar-refractivity contribution in [3.63, 3.8) is 0 Å². The van der Waals surface area contributed by atoms with Gasteiger partial charge in [-0.05, 0) is 124 Å². The molecule has 0 spiro atoms. The first-order valence-electron chi connectivity index (χ1n) is 21.8. The predicted molar refractivity (Wildman–Crippen MR) is 232 cm³/mol. The zero-order chi connectivity index (χ0) is 42.6. The topological polar surface area (TPSA) is 190 Å². The van der Waals surface area contributed by atoms with Crippen LogP contribution in [0.15, 0.2) is 75.7 Å². The van der Waals surface area contributed by atoms with Gasteiger partial charge < -0.3 is 40.3 Å². The Balaban J connectivity index is 1.34. The summed E-state index contributed by atoms with van der Waals surface area (Å²) in [6, 6.07) is 12.6. The van der Waals surface area contributed by atoms with Crippen molar-refractivity contribution in [2.45, 2.75) is 115 Å². The molecule has 2 aliphatic heterocycles. The number of hydrogen-bond donors (Lipinski definition) is 5. The van der Waals surface area contributed by atoms with E-state index in [1.165, 1.54) is 6.07 Å². The number of aliphatic hydroxyl groups is 1. The lowest BCUT2D eigenvalue weighted by atomic mass is 9.68. The molecule has 2 aliphatic carbocycles. The molecule has 5 heterocycles. The normalized spacial score (nSPS) is 23.6. The fourth-order valence-corrected chi connectivity index (χ4v) is 10.9. The van der Waals surface area contributed by atoms with Crippen LogP contribution in [0.2, 0.25) is 0 Å². The number of hydrogen-bond acceptors (Lipinski definition) is 12. The SMILES string of the molecule is C/C=C(\C(=O)O[C@@H]1Cc2c3c(c4oc(CO)cc(=O)c4c2O)[C@H]2Cc4cc(O)ccc4CC[C@H](C[C@H](Cc4ccc(NCC)nc4)[C@]1(C)O3)c1c2ccnc1N)C1CCCC1. The van der Waals surface area contributed by atoms with Crippen molar-refractivity contribution in [3.05, 3.63) is 121 Å². The van der Waals surface area contributed by atoms with Crippen LogP contribution in [0.1, 0.15) is 116 Å². The Morgan fingerprint density at radius 2 is 1.87 bits per heavy atom. The molecule has 4 bridgehead atoms. The van der Waals surface area contributed by atoms with Crippen LogP contribution >= 0.6 is 0 Å². The van der Waals surface area contributed by atoms with Gasteiger partial charge in [-0.1, -0.05) is 31.1 Å². The van der Waals surface area contributed by atoms with Gasteiger partial charge >= 0.3 is 5.97 Å². The van der Waals surface area contributed by atoms with Crippen molar-refractivity contribution >= 4 is 28.6 Å². The van der Waals surface area contributed by atoms with E-state index in [1.54, 1.807) is 18.3 Å². The minimum absolute atomic E-state index is 0.0289. The van der Waals surface area contributed by atoms with Crippen LogP contribution in [0.25, 0.3) is 11.0 Å². The number of aliphatic hydroxyl groups excluding tert-OH is 1. The Kier molecular flexibility index (Phi) is 10.8. The van der Waals surface area contributed by atoms with E-state index in [0.717, 1.165) is 65.9 Å². The highest BCUT2D eigenvalue weighted by Crippen LogP contribution is 2.56. The van der Waals surface area contributed by atoms with E-state index in [9.17, 15) is 24.9 Å². The van der Waals surface area contributed by atoms with Gasteiger partial charge in [-0.3, -0.25) is 4.79 Å². The molecular weight excluding hydrogens is 773 g/mol. The molecule has 61 heavy (non-hydrogen) atoms. The number of aromatic nitrogens is 2. The third-order valence-corrected chi connectivity index (χ3v) is 14.0. The van der Waals surface area contributed by atoms with Crippen molar-refractivity contribution < 1.29 is 34.0 Å². The minimum atomic E-state index is -1.21. The van der Waals surface area contributed by atoms with E-state index in [4.69, 9.17) is 24.6 Å². The molecular formula is C49H54N4O8. The van der Waals surface area contributed by atoms with Crippen LogP contribution < -0.4 is 21.2 Å². The molecule has 5 atom stereocenters. The van der Waals surface area contributed by atoms with Crippen molar-refractivity contribution in [3.8, 4) is 17.2 Å². The molecule has 9 rings (SSSR count). The summed E-state index contributed by atoms with van der Waals surface area (Å²) in [6.07, 6.45) is 11.3. The quantitative estimate of drug-likeness (QED) is 0.0752. The van der Waals surface area contributed by atoms with Crippen LogP contribution in [0.5, 0.6) is 17.2 Å². The molecule has 0 saturated heterocycles. The van der Waals surface area contributed by atoms with Gasteiger partial charge in [-0.2, -0.15) is 0 Å².